The summed E-state index contributed by atoms with van der Waals surface area (Å²) in [5.74, 6) is 1.40. The summed E-state index contributed by atoms with van der Waals surface area (Å²) in [6, 6.07) is 3.89. The molecule has 1 aromatic carbocycles. The fourth-order valence-electron chi connectivity index (χ4n) is 3.31. The van der Waals surface area contributed by atoms with Crippen LogP contribution >= 0.6 is 27.5 Å². The Morgan fingerprint density at radius 2 is 2.12 bits per heavy atom. The minimum absolute atomic E-state index is 0.0446. The van der Waals surface area contributed by atoms with Crippen molar-refractivity contribution in [3.05, 3.63) is 28.4 Å². The van der Waals surface area contributed by atoms with Gasteiger partial charge in [0.2, 0.25) is 0 Å². The zero-order valence-corrected chi connectivity index (χ0v) is 15.9. The quantitative estimate of drug-likeness (QED) is 0.691. The first-order valence-electron chi connectivity index (χ1n) is 8.11. The van der Waals surface area contributed by atoms with E-state index in [0.29, 0.717) is 31.3 Å². The highest BCUT2D eigenvalue weighted by Crippen LogP contribution is 2.40. The molecule has 128 valence electrons. The number of pyridine rings is 1. The molecule has 4 nitrogen and oxygen atoms in total. The Balaban J connectivity index is 1.71. The van der Waals surface area contributed by atoms with Crippen LogP contribution in [0.3, 0.4) is 0 Å². The molecular formula is C18H19BrClNO3. The maximum absolute atomic E-state index is 6.61. The van der Waals surface area contributed by atoms with Crippen LogP contribution in [0.25, 0.3) is 10.9 Å². The van der Waals surface area contributed by atoms with Crippen molar-refractivity contribution in [2.24, 2.45) is 5.41 Å². The molecule has 1 fully saturated rings. The highest BCUT2D eigenvalue weighted by atomic mass is 79.9. The number of halogens is 2. The molecule has 2 aliphatic rings. The van der Waals surface area contributed by atoms with Gasteiger partial charge in [-0.2, -0.15) is 0 Å². The molecule has 0 saturated carbocycles. The third-order valence-corrected chi connectivity index (χ3v) is 6.48. The molecule has 6 heteroatoms. The summed E-state index contributed by atoms with van der Waals surface area (Å²) in [4.78, 5) is 4.80. The monoisotopic (exact) mass is 411 g/mol. The van der Waals surface area contributed by atoms with Crippen molar-refractivity contribution in [1.82, 2.24) is 4.98 Å². The lowest BCUT2D eigenvalue weighted by Crippen LogP contribution is -2.48. The van der Waals surface area contributed by atoms with Crippen molar-refractivity contribution in [2.75, 3.05) is 32.3 Å². The Hall–Kier alpha value is -1.04. The van der Waals surface area contributed by atoms with Gasteiger partial charge < -0.3 is 14.2 Å². The largest absolute Gasteiger partial charge is 0.493 e. The van der Waals surface area contributed by atoms with Gasteiger partial charge in [-0.3, -0.25) is 4.98 Å². The zero-order valence-electron chi connectivity index (χ0n) is 13.5. The number of fused-ring (bicyclic) bond motifs is 2. The lowest BCUT2D eigenvalue weighted by molar-refractivity contribution is -0.116. The Kier molecular flexibility index (Phi) is 4.35. The molecule has 0 atom stereocenters. The number of aryl methyl sites for hydroxylation is 1. The number of hydrogen-bond acceptors (Lipinski definition) is 4. The number of alkyl halides is 1. The van der Waals surface area contributed by atoms with Crippen molar-refractivity contribution in [3.63, 3.8) is 0 Å². The van der Waals surface area contributed by atoms with E-state index in [1.165, 1.54) is 5.56 Å². The van der Waals surface area contributed by atoms with Crippen molar-refractivity contribution >= 4 is 38.4 Å². The van der Waals surface area contributed by atoms with E-state index >= 15 is 0 Å². The van der Waals surface area contributed by atoms with Gasteiger partial charge in [-0.15, -0.1) is 0 Å². The van der Waals surface area contributed by atoms with E-state index in [4.69, 9.17) is 30.8 Å². The topological polar surface area (TPSA) is 40.6 Å². The average Bonchev–Trinajstić information content (AvgIpc) is 3.02. The van der Waals surface area contributed by atoms with Gasteiger partial charge in [-0.25, -0.2) is 0 Å². The van der Waals surface area contributed by atoms with E-state index in [1.54, 1.807) is 7.11 Å². The molecule has 24 heavy (non-hydrogen) atoms. The number of hydrogen-bond donors (Lipinski definition) is 0. The van der Waals surface area contributed by atoms with Gasteiger partial charge in [0, 0.05) is 22.5 Å². The fourth-order valence-corrected chi connectivity index (χ4v) is 4.15. The van der Waals surface area contributed by atoms with Crippen LogP contribution in [0.2, 0.25) is 5.02 Å². The van der Waals surface area contributed by atoms with Gasteiger partial charge >= 0.3 is 0 Å². The van der Waals surface area contributed by atoms with E-state index in [2.05, 4.69) is 15.9 Å². The smallest absolute Gasteiger partial charge is 0.163 e. The van der Waals surface area contributed by atoms with E-state index in [0.717, 1.165) is 46.2 Å². The first-order valence-corrected chi connectivity index (χ1v) is 9.61. The van der Waals surface area contributed by atoms with Crippen LogP contribution in [0.4, 0.5) is 0 Å². The molecule has 0 radical (unpaired) electrons. The van der Waals surface area contributed by atoms with E-state index in [9.17, 15) is 0 Å². The Labute approximate surface area is 154 Å². The lowest BCUT2D eigenvalue weighted by atomic mass is 9.90. The fraction of sp³-hybridized carbons (Fsp3) is 0.500. The van der Waals surface area contributed by atoms with E-state index in [1.807, 2.05) is 12.1 Å². The number of aromatic nitrogens is 1. The number of rotatable bonds is 5. The summed E-state index contributed by atoms with van der Waals surface area (Å²) in [7, 11) is 1.65. The van der Waals surface area contributed by atoms with Crippen LogP contribution < -0.4 is 9.47 Å². The molecule has 1 aliphatic carbocycles. The van der Waals surface area contributed by atoms with Gasteiger partial charge in [0.05, 0.1) is 42.9 Å². The predicted molar refractivity (Wildman–Crippen MR) is 97.9 cm³/mol. The molecule has 2 heterocycles. The standard InChI is InChI=1S/C18H19BrClNO3/c1-22-15-5-12-14(21-13-4-2-3-11(13)17(12)20)6-16(15)24-10-18(7-19)8-23-9-18/h5-6H,2-4,7-10H2,1H3. The number of nitrogens with zero attached hydrogens (tertiary/aromatic N) is 1. The molecule has 0 N–H and O–H groups in total. The van der Waals surface area contributed by atoms with Crippen LogP contribution in [0.5, 0.6) is 11.5 Å². The van der Waals surface area contributed by atoms with Crippen LogP contribution in [-0.2, 0) is 17.6 Å². The average molecular weight is 413 g/mol. The van der Waals surface area contributed by atoms with Crippen molar-refractivity contribution in [3.8, 4) is 11.5 Å². The Morgan fingerprint density at radius 3 is 2.79 bits per heavy atom. The normalized spacial score (nSPS) is 18.3. The molecule has 1 aromatic heterocycles. The van der Waals surface area contributed by atoms with Crippen molar-refractivity contribution in [2.45, 2.75) is 19.3 Å². The van der Waals surface area contributed by atoms with Crippen LogP contribution in [0.1, 0.15) is 17.7 Å². The van der Waals surface area contributed by atoms with Crippen LogP contribution in [0.15, 0.2) is 12.1 Å². The molecule has 0 bridgehead atoms. The van der Waals surface area contributed by atoms with Gasteiger partial charge in [0.25, 0.3) is 0 Å². The number of ether oxygens (including phenoxy) is 3. The van der Waals surface area contributed by atoms with Crippen LogP contribution in [-0.4, -0.2) is 37.2 Å². The third-order valence-electron chi connectivity index (χ3n) is 4.86. The van der Waals surface area contributed by atoms with Crippen LogP contribution in [0, 0.1) is 5.41 Å². The van der Waals surface area contributed by atoms with Gasteiger partial charge in [-0.1, -0.05) is 27.5 Å². The maximum atomic E-state index is 6.61. The van der Waals surface area contributed by atoms with Crippen molar-refractivity contribution in [1.29, 1.82) is 0 Å². The lowest BCUT2D eigenvalue weighted by Gasteiger charge is -2.39. The molecule has 4 rings (SSSR count). The molecule has 1 aliphatic heterocycles. The highest BCUT2D eigenvalue weighted by Gasteiger charge is 2.38. The minimum Gasteiger partial charge on any atom is -0.493 e. The molecule has 0 amide bonds. The summed E-state index contributed by atoms with van der Waals surface area (Å²) < 4.78 is 16.9. The SMILES string of the molecule is COc1cc2c(Cl)c3c(nc2cc1OCC1(CBr)COC1)CCC3. The van der Waals surface area contributed by atoms with Crippen molar-refractivity contribution < 1.29 is 14.2 Å². The van der Waals surface area contributed by atoms with Gasteiger partial charge in [0.15, 0.2) is 11.5 Å². The summed E-state index contributed by atoms with van der Waals surface area (Å²) in [6.07, 6.45) is 3.12. The Morgan fingerprint density at radius 1 is 1.29 bits per heavy atom. The van der Waals surface area contributed by atoms with E-state index in [-0.39, 0.29) is 5.41 Å². The number of benzene rings is 1. The Bertz CT molecular complexity index is 786. The second-order valence-electron chi connectivity index (χ2n) is 6.64. The summed E-state index contributed by atoms with van der Waals surface area (Å²) in [5.41, 5.74) is 3.22. The molecule has 2 aromatic rings. The maximum Gasteiger partial charge on any atom is 0.163 e. The van der Waals surface area contributed by atoms with Gasteiger partial charge in [0.1, 0.15) is 0 Å². The zero-order chi connectivity index (χ0) is 16.7. The first kappa shape index (κ1) is 16.4. The molecule has 1 saturated heterocycles. The predicted octanol–water partition coefficient (Wildman–Crippen LogP) is 4.18. The molecule has 0 unspecified atom stereocenters. The number of methoxy groups -OCH3 is 1. The second-order valence-corrected chi connectivity index (χ2v) is 7.58. The minimum atomic E-state index is 0.0446. The third kappa shape index (κ3) is 2.67. The summed E-state index contributed by atoms with van der Waals surface area (Å²) >= 11 is 10.2. The van der Waals surface area contributed by atoms with Gasteiger partial charge in [-0.05, 0) is 30.9 Å². The molecular weight excluding hydrogens is 394 g/mol. The first-order chi connectivity index (χ1) is 11.7. The summed E-state index contributed by atoms with van der Waals surface area (Å²) in [5, 5.41) is 2.60. The summed E-state index contributed by atoms with van der Waals surface area (Å²) in [6.45, 7) is 2.01. The highest BCUT2D eigenvalue weighted by molar-refractivity contribution is 9.09. The second kappa shape index (κ2) is 6.36. The molecule has 0 spiro atoms. The van der Waals surface area contributed by atoms with E-state index < -0.39 is 0 Å².